The molecule has 3 aliphatic rings. The van der Waals surface area contributed by atoms with E-state index in [4.69, 9.17) is 4.74 Å². The molecular weight excluding hydrogens is 290 g/mol. The van der Waals surface area contributed by atoms with E-state index in [0.29, 0.717) is 24.2 Å². The minimum absolute atomic E-state index is 0.194. The number of ether oxygens (including phenoxy) is 1. The van der Waals surface area contributed by atoms with Crippen molar-refractivity contribution in [1.82, 2.24) is 5.32 Å². The van der Waals surface area contributed by atoms with Crippen LogP contribution in [0.25, 0.3) is 0 Å². The predicted molar refractivity (Wildman–Crippen MR) is 86.4 cm³/mol. The van der Waals surface area contributed by atoms with Gasteiger partial charge in [-0.25, -0.2) is 4.79 Å². The van der Waals surface area contributed by atoms with Gasteiger partial charge in [0.15, 0.2) is 0 Å². The Labute approximate surface area is 136 Å². The van der Waals surface area contributed by atoms with Crippen molar-refractivity contribution >= 4 is 11.9 Å². The lowest BCUT2D eigenvalue weighted by molar-refractivity contribution is -0.121. The molecule has 1 aromatic carbocycles. The van der Waals surface area contributed by atoms with Crippen molar-refractivity contribution < 1.29 is 14.3 Å². The zero-order valence-corrected chi connectivity index (χ0v) is 13.5. The van der Waals surface area contributed by atoms with E-state index in [0.717, 1.165) is 32.1 Å². The van der Waals surface area contributed by atoms with Crippen molar-refractivity contribution in [2.24, 2.45) is 11.8 Å². The van der Waals surface area contributed by atoms with E-state index >= 15 is 0 Å². The summed E-state index contributed by atoms with van der Waals surface area (Å²) in [5, 5.41) is 3.02. The van der Waals surface area contributed by atoms with Gasteiger partial charge in [-0.15, -0.1) is 0 Å². The number of aryl methyl sites for hydroxylation is 1. The maximum absolute atomic E-state index is 11.6. The molecule has 4 atom stereocenters. The summed E-state index contributed by atoms with van der Waals surface area (Å²) in [6, 6.07) is 6.94. The van der Waals surface area contributed by atoms with E-state index in [2.05, 4.69) is 23.5 Å². The summed E-state index contributed by atoms with van der Waals surface area (Å²) in [7, 11) is 0. The van der Waals surface area contributed by atoms with E-state index in [1.807, 2.05) is 0 Å². The molecule has 4 rings (SSSR count). The third-order valence-corrected chi connectivity index (χ3v) is 5.96. The molecule has 122 valence electrons. The van der Waals surface area contributed by atoms with Crippen LogP contribution in [-0.4, -0.2) is 24.5 Å². The molecule has 1 saturated heterocycles. The predicted octanol–water partition coefficient (Wildman–Crippen LogP) is 2.98. The monoisotopic (exact) mass is 313 g/mol. The SMILES string of the molecule is CC(=O)[C@@H]1CCc2cc([C@H]3CC[C@@H]4COC(=O)NC43)ccc2C1. The summed E-state index contributed by atoms with van der Waals surface area (Å²) in [5.41, 5.74) is 4.05. The van der Waals surface area contributed by atoms with Crippen LogP contribution in [0.2, 0.25) is 0 Å². The Morgan fingerprint density at radius 2 is 2.09 bits per heavy atom. The highest BCUT2D eigenvalue weighted by atomic mass is 16.6. The van der Waals surface area contributed by atoms with Crippen molar-refractivity contribution in [3.05, 3.63) is 34.9 Å². The van der Waals surface area contributed by atoms with Gasteiger partial charge in [0, 0.05) is 23.8 Å². The van der Waals surface area contributed by atoms with Gasteiger partial charge in [-0.05, 0) is 55.7 Å². The smallest absolute Gasteiger partial charge is 0.407 e. The van der Waals surface area contributed by atoms with Crippen LogP contribution in [0.5, 0.6) is 0 Å². The number of benzene rings is 1. The summed E-state index contributed by atoms with van der Waals surface area (Å²) < 4.78 is 5.12. The molecule has 1 heterocycles. The summed E-state index contributed by atoms with van der Waals surface area (Å²) in [6.07, 6.45) is 4.77. The molecule has 0 aromatic heterocycles. The van der Waals surface area contributed by atoms with Gasteiger partial charge in [0.25, 0.3) is 0 Å². The molecule has 4 heteroatoms. The first kappa shape index (κ1) is 14.7. The number of hydrogen-bond donors (Lipinski definition) is 1. The van der Waals surface area contributed by atoms with Crippen molar-refractivity contribution in [2.45, 2.75) is 51.0 Å². The molecule has 23 heavy (non-hydrogen) atoms. The molecule has 1 aliphatic heterocycles. The van der Waals surface area contributed by atoms with Gasteiger partial charge in [0.2, 0.25) is 0 Å². The second-order valence-corrected chi connectivity index (χ2v) is 7.29. The molecule has 1 amide bonds. The molecular formula is C19H23NO3. The van der Waals surface area contributed by atoms with E-state index in [9.17, 15) is 9.59 Å². The average molecular weight is 313 g/mol. The second kappa shape index (κ2) is 5.66. The van der Waals surface area contributed by atoms with Crippen LogP contribution in [0, 0.1) is 11.8 Å². The number of amides is 1. The first-order valence-corrected chi connectivity index (χ1v) is 8.67. The quantitative estimate of drug-likeness (QED) is 0.913. The van der Waals surface area contributed by atoms with Crippen molar-refractivity contribution in [3.63, 3.8) is 0 Å². The van der Waals surface area contributed by atoms with Crippen LogP contribution < -0.4 is 5.32 Å². The molecule has 0 bridgehead atoms. The average Bonchev–Trinajstić information content (AvgIpc) is 2.96. The summed E-state index contributed by atoms with van der Waals surface area (Å²) >= 11 is 0. The molecule has 2 aliphatic carbocycles. The fourth-order valence-electron chi connectivity index (χ4n) is 4.57. The molecule has 4 nitrogen and oxygen atoms in total. The Hall–Kier alpha value is -1.84. The molecule has 2 fully saturated rings. The van der Waals surface area contributed by atoms with Crippen LogP contribution in [0.1, 0.15) is 48.8 Å². The molecule has 1 saturated carbocycles. The number of fused-ring (bicyclic) bond motifs is 2. The number of carbonyl (C=O) groups excluding carboxylic acids is 2. The third-order valence-electron chi connectivity index (χ3n) is 5.96. The molecule has 0 spiro atoms. The van der Waals surface area contributed by atoms with Gasteiger partial charge < -0.3 is 10.1 Å². The van der Waals surface area contributed by atoms with Gasteiger partial charge >= 0.3 is 6.09 Å². The van der Waals surface area contributed by atoms with E-state index in [1.165, 1.54) is 16.7 Å². The summed E-state index contributed by atoms with van der Waals surface area (Å²) in [6.45, 7) is 2.26. The number of ketones is 1. The van der Waals surface area contributed by atoms with Crippen molar-refractivity contribution in [2.75, 3.05) is 6.61 Å². The van der Waals surface area contributed by atoms with Gasteiger partial charge in [-0.2, -0.15) is 0 Å². The fraction of sp³-hybridized carbons (Fsp3) is 0.579. The number of cyclic esters (lactones) is 1. The largest absolute Gasteiger partial charge is 0.449 e. The number of rotatable bonds is 2. The minimum Gasteiger partial charge on any atom is -0.449 e. The highest BCUT2D eigenvalue weighted by Crippen LogP contribution is 2.41. The van der Waals surface area contributed by atoms with E-state index < -0.39 is 0 Å². The standard InChI is InChI=1S/C19H23NO3/c1-11(21)12-2-3-14-9-15(5-4-13(14)8-12)17-7-6-16-10-23-19(22)20-18(16)17/h4-5,9,12,16-18H,2-3,6-8,10H2,1H3,(H,20,22)/t12-,16-,17-,18?/m1/s1. The lowest BCUT2D eigenvalue weighted by Crippen LogP contribution is -2.47. The number of nitrogens with one attached hydrogen (secondary N) is 1. The van der Waals surface area contributed by atoms with Crippen LogP contribution in [0.4, 0.5) is 4.79 Å². The maximum Gasteiger partial charge on any atom is 0.407 e. The van der Waals surface area contributed by atoms with Crippen LogP contribution in [0.15, 0.2) is 18.2 Å². The van der Waals surface area contributed by atoms with Crippen LogP contribution in [0.3, 0.4) is 0 Å². The molecule has 1 aromatic rings. The van der Waals surface area contributed by atoms with Crippen LogP contribution >= 0.6 is 0 Å². The minimum atomic E-state index is -0.277. The highest BCUT2D eigenvalue weighted by molar-refractivity contribution is 5.79. The van der Waals surface area contributed by atoms with Gasteiger partial charge in [-0.1, -0.05) is 18.2 Å². The molecule has 0 radical (unpaired) electrons. The lowest BCUT2D eigenvalue weighted by atomic mass is 9.80. The normalized spacial score (nSPS) is 32.5. The molecule has 1 N–H and O–H groups in total. The van der Waals surface area contributed by atoms with Gasteiger partial charge in [-0.3, -0.25) is 4.79 Å². The number of carbonyl (C=O) groups is 2. The van der Waals surface area contributed by atoms with Crippen molar-refractivity contribution in [1.29, 1.82) is 0 Å². The van der Waals surface area contributed by atoms with Gasteiger partial charge in [0.05, 0.1) is 6.61 Å². The van der Waals surface area contributed by atoms with E-state index in [-0.39, 0.29) is 18.1 Å². The zero-order chi connectivity index (χ0) is 16.0. The number of hydrogen-bond acceptors (Lipinski definition) is 3. The van der Waals surface area contributed by atoms with E-state index in [1.54, 1.807) is 6.92 Å². The first-order chi connectivity index (χ1) is 11.1. The first-order valence-electron chi connectivity index (χ1n) is 8.67. The Morgan fingerprint density at radius 3 is 2.91 bits per heavy atom. The maximum atomic E-state index is 11.6. The Bertz CT molecular complexity index is 654. The summed E-state index contributed by atoms with van der Waals surface area (Å²) in [4.78, 5) is 23.2. The highest BCUT2D eigenvalue weighted by Gasteiger charge is 2.41. The molecule has 1 unspecified atom stereocenters. The number of alkyl carbamates (subject to hydrolysis) is 1. The zero-order valence-electron chi connectivity index (χ0n) is 13.5. The Kier molecular flexibility index (Phi) is 3.63. The summed E-state index contributed by atoms with van der Waals surface area (Å²) in [5.74, 6) is 1.33. The lowest BCUT2D eigenvalue weighted by Gasteiger charge is -2.31. The Morgan fingerprint density at radius 1 is 1.22 bits per heavy atom. The second-order valence-electron chi connectivity index (χ2n) is 7.29. The third kappa shape index (κ3) is 2.64. The number of Topliss-reactive ketones (excluding diaryl/α,β-unsaturated/α-hetero) is 1. The van der Waals surface area contributed by atoms with Crippen molar-refractivity contribution in [3.8, 4) is 0 Å². The van der Waals surface area contributed by atoms with Gasteiger partial charge in [0.1, 0.15) is 5.78 Å². The Balaban J connectivity index is 1.57. The topological polar surface area (TPSA) is 55.4 Å². The fourth-order valence-corrected chi connectivity index (χ4v) is 4.57. The van der Waals surface area contributed by atoms with Crippen LogP contribution in [-0.2, 0) is 22.4 Å².